The van der Waals surface area contributed by atoms with Crippen LogP contribution >= 0.6 is 0 Å². The monoisotopic (exact) mass is 383 g/mol. The van der Waals surface area contributed by atoms with Gasteiger partial charge in [0.15, 0.2) is 6.04 Å². The summed E-state index contributed by atoms with van der Waals surface area (Å²) in [5.41, 5.74) is 11.1. The van der Waals surface area contributed by atoms with E-state index in [0.29, 0.717) is 6.54 Å². The van der Waals surface area contributed by atoms with Gasteiger partial charge in [0, 0.05) is 0 Å². The Kier molecular flexibility index (Phi) is 6.38. The van der Waals surface area contributed by atoms with Gasteiger partial charge < -0.3 is 11.5 Å². The predicted molar refractivity (Wildman–Crippen MR) is 97.3 cm³/mol. The number of benzene rings is 1. The Morgan fingerprint density at radius 3 is 2.38 bits per heavy atom. The lowest BCUT2D eigenvalue weighted by molar-refractivity contribution is -0.855. The van der Waals surface area contributed by atoms with Crippen molar-refractivity contribution in [2.24, 2.45) is 11.5 Å². The van der Waals surface area contributed by atoms with E-state index < -0.39 is 28.0 Å². The maximum Gasteiger partial charge on any atom is 0.414 e. The van der Waals surface area contributed by atoms with Crippen molar-refractivity contribution in [2.75, 3.05) is 26.2 Å². The number of carbonyl (C=O) groups is 2. The third-order valence-corrected chi connectivity index (χ3v) is 6.88. The third-order valence-electron chi connectivity index (χ3n) is 4.95. The molecule has 0 aromatic heterocycles. The first kappa shape index (κ1) is 20.3. The number of amides is 3. The summed E-state index contributed by atoms with van der Waals surface area (Å²) in [6.45, 7) is 2.74. The summed E-state index contributed by atoms with van der Waals surface area (Å²) in [6.07, 6.45) is 2.68. The van der Waals surface area contributed by atoms with Crippen LogP contribution in [-0.2, 0) is 14.8 Å². The zero-order valence-corrected chi connectivity index (χ0v) is 15.8. The minimum Gasteiger partial charge on any atom is -0.368 e. The van der Waals surface area contributed by atoms with Crippen molar-refractivity contribution in [3.05, 3.63) is 30.3 Å². The molecule has 0 bridgehead atoms. The van der Waals surface area contributed by atoms with Crippen molar-refractivity contribution in [2.45, 2.75) is 37.1 Å². The van der Waals surface area contributed by atoms with Crippen LogP contribution in [0.5, 0.6) is 0 Å². The molecule has 2 unspecified atom stereocenters. The Balaban J connectivity index is 2.33. The quantitative estimate of drug-likeness (QED) is 0.529. The van der Waals surface area contributed by atoms with Crippen molar-refractivity contribution >= 4 is 22.0 Å². The second kappa shape index (κ2) is 8.15. The number of hydrogen-bond donors (Lipinski definition) is 2. The van der Waals surface area contributed by atoms with E-state index in [1.165, 1.54) is 12.1 Å². The van der Waals surface area contributed by atoms with Crippen LogP contribution in [0.25, 0.3) is 0 Å². The van der Waals surface area contributed by atoms with Crippen molar-refractivity contribution in [1.29, 1.82) is 0 Å². The Morgan fingerprint density at radius 2 is 1.85 bits per heavy atom. The van der Waals surface area contributed by atoms with Gasteiger partial charge in [0.2, 0.25) is 15.9 Å². The highest BCUT2D eigenvalue weighted by Crippen LogP contribution is 2.26. The number of hydrogen-bond acceptors (Lipinski definition) is 4. The van der Waals surface area contributed by atoms with E-state index in [2.05, 4.69) is 0 Å². The van der Waals surface area contributed by atoms with Crippen LogP contribution in [0.15, 0.2) is 35.2 Å². The summed E-state index contributed by atoms with van der Waals surface area (Å²) in [6, 6.07) is 6.23. The zero-order valence-electron chi connectivity index (χ0n) is 15.0. The molecule has 0 aliphatic carbocycles. The van der Waals surface area contributed by atoms with Crippen molar-refractivity contribution in [1.82, 2.24) is 4.31 Å². The maximum atomic E-state index is 12.9. The van der Waals surface area contributed by atoms with Crippen LogP contribution < -0.4 is 11.5 Å². The first-order valence-electron chi connectivity index (χ1n) is 8.77. The summed E-state index contributed by atoms with van der Waals surface area (Å²) in [5, 5.41) is 0. The van der Waals surface area contributed by atoms with Gasteiger partial charge in [-0.2, -0.15) is 4.31 Å². The van der Waals surface area contributed by atoms with Gasteiger partial charge in [0.05, 0.1) is 18.0 Å². The highest BCUT2D eigenvalue weighted by atomic mass is 32.2. The molecule has 9 heteroatoms. The minimum absolute atomic E-state index is 0.0138. The van der Waals surface area contributed by atoms with E-state index in [4.69, 9.17) is 11.5 Å². The summed E-state index contributed by atoms with van der Waals surface area (Å²) < 4.78 is 26.9. The molecule has 2 rings (SSSR count). The van der Waals surface area contributed by atoms with E-state index in [0.717, 1.165) is 23.6 Å². The van der Waals surface area contributed by atoms with Crippen LogP contribution in [0.4, 0.5) is 4.79 Å². The van der Waals surface area contributed by atoms with Crippen molar-refractivity contribution in [3.8, 4) is 0 Å². The van der Waals surface area contributed by atoms with Crippen molar-refractivity contribution in [3.63, 3.8) is 0 Å². The largest absolute Gasteiger partial charge is 0.414 e. The Labute approximate surface area is 154 Å². The van der Waals surface area contributed by atoms with Crippen LogP contribution in [-0.4, -0.2) is 61.4 Å². The number of piperazine rings is 1. The molecular weight excluding hydrogens is 356 g/mol. The third kappa shape index (κ3) is 4.05. The fourth-order valence-electron chi connectivity index (χ4n) is 3.38. The Morgan fingerprint density at radius 1 is 1.19 bits per heavy atom. The van der Waals surface area contributed by atoms with Crippen LogP contribution in [0.2, 0.25) is 0 Å². The standard InChI is InChI=1S/C17H26N4O4S/c1-2-3-7-11-21(17(19)23)12-10-20(15(13-21)16(18)22)26(24,25)14-8-5-4-6-9-14/h4-6,8-9,15H,2-3,7,10-13H2,1H3,(H3-,18,19,22,23)/p+1. The molecule has 1 fully saturated rings. The Hall–Kier alpha value is -1.97. The lowest BCUT2D eigenvalue weighted by Crippen LogP contribution is -2.70. The van der Waals surface area contributed by atoms with E-state index in [9.17, 15) is 18.0 Å². The summed E-state index contributed by atoms with van der Waals surface area (Å²) in [5.74, 6) is -0.775. The number of sulfonamides is 1. The SMILES string of the molecule is CCCCC[N+]1(C(N)=O)CCN(S(=O)(=O)c2ccccc2)C(C(N)=O)C1. The molecule has 2 atom stereocenters. The lowest BCUT2D eigenvalue weighted by atomic mass is 10.1. The highest BCUT2D eigenvalue weighted by Gasteiger charge is 2.49. The highest BCUT2D eigenvalue weighted by molar-refractivity contribution is 7.89. The molecule has 4 N–H and O–H groups in total. The van der Waals surface area contributed by atoms with E-state index in [1.807, 2.05) is 6.92 Å². The average Bonchev–Trinajstić information content (AvgIpc) is 2.62. The van der Waals surface area contributed by atoms with Crippen molar-refractivity contribution < 1.29 is 22.5 Å². The first-order chi connectivity index (χ1) is 12.2. The number of urea groups is 1. The van der Waals surface area contributed by atoms with E-state index in [-0.39, 0.29) is 29.0 Å². The fourth-order valence-corrected chi connectivity index (χ4v) is 4.98. The Bertz CT molecular complexity index is 753. The molecule has 1 aliphatic heterocycles. The molecular formula is C17H27N4O4S+. The van der Waals surface area contributed by atoms with E-state index >= 15 is 0 Å². The topological polar surface area (TPSA) is 124 Å². The first-order valence-corrected chi connectivity index (χ1v) is 10.2. The number of rotatable bonds is 7. The summed E-state index contributed by atoms with van der Waals surface area (Å²) in [7, 11) is -3.89. The number of carbonyl (C=O) groups excluding carboxylic acids is 2. The molecule has 0 radical (unpaired) electrons. The van der Waals surface area contributed by atoms with Gasteiger partial charge in [-0.3, -0.25) is 4.79 Å². The minimum atomic E-state index is -3.89. The molecule has 1 saturated heterocycles. The van der Waals surface area contributed by atoms with Gasteiger partial charge in [-0.05, 0) is 25.0 Å². The molecule has 1 aliphatic rings. The zero-order chi connectivity index (χ0) is 19.4. The van der Waals surface area contributed by atoms with Gasteiger partial charge in [0.25, 0.3) is 0 Å². The number of nitrogens with two attached hydrogens (primary N) is 2. The molecule has 0 spiro atoms. The normalized spacial score (nSPS) is 24.3. The maximum absolute atomic E-state index is 12.9. The summed E-state index contributed by atoms with van der Waals surface area (Å²) in [4.78, 5) is 24.3. The van der Waals surface area contributed by atoms with Gasteiger partial charge in [-0.25, -0.2) is 17.7 Å². The van der Waals surface area contributed by atoms with Crippen LogP contribution in [0.1, 0.15) is 26.2 Å². The van der Waals surface area contributed by atoms with Gasteiger partial charge >= 0.3 is 6.03 Å². The smallest absolute Gasteiger partial charge is 0.368 e. The second-order valence-corrected chi connectivity index (χ2v) is 8.56. The number of quaternary nitrogens is 1. The fraction of sp³-hybridized carbons (Fsp3) is 0.529. The van der Waals surface area contributed by atoms with Crippen LogP contribution in [0.3, 0.4) is 0 Å². The van der Waals surface area contributed by atoms with E-state index in [1.54, 1.807) is 18.2 Å². The molecule has 8 nitrogen and oxygen atoms in total. The number of nitrogens with zero attached hydrogens (tertiary/aromatic N) is 2. The molecule has 144 valence electrons. The molecule has 1 aromatic carbocycles. The predicted octanol–water partition coefficient (Wildman–Crippen LogP) is 0.631. The lowest BCUT2D eigenvalue weighted by Gasteiger charge is -2.44. The molecule has 1 heterocycles. The number of unbranched alkanes of at least 4 members (excludes halogenated alkanes) is 2. The average molecular weight is 383 g/mol. The molecule has 0 saturated carbocycles. The summed E-state index contributed by atoms with van der Waals surface area (Å²) >= 11 is 0. The molecule has 1 aromatic rings. The second-order valence-electron chi connectivity index (χ2n) is 6.67. The van der Waals surface area contributed by atoms with Gasteiger partial charge in [0.1, 0.15) is 13.1 Å². The van der Waals surface area contributed by atoms with Crippen LogP contribution in [0, 0.1) is 0 Å². The molecule has 26 heavy (non-hydrogen) atoms. The molecule has 3 amide bonds. The number of primary amides is 2. The van der Waals surface area contributed by atoms with Gasteiger partial charge in [-0.15, -0.1) is 0 Å². The van der Waals surface area contributed by atoms with Gasteiger partial charge in [-0.1, -0.05) is 31.5 Å².